The van der Waals surface area contributed by atoms with Gasteiger partial charge in [0.15, 0.2) is 5.60 Å². The number of ether oxygens (including phenoxy) is 2. The molecule has 0 radical (unpaired) electrons. The highest BCUT2D eigenvalue weighted by Gasteiger charge is 2.70. The van der Waals surface area contributed by atoms with Crippen LogP contribution in [0, 0.1) is 39.8 Å². The lowest BCUT2D eigenvalue weighted by Crippen LogP contribution is -2.76. The first-order valence-corrected chi connectivity index (χ1v) is 17.3. The number of benzene rings is 1. The highest BCUT2D eigenvalue weighted by Crippen LogP contribution is 2.68. The summed E-state index contributed by atoms with van der Waals surface area (Å²) in [5.41, 5.74) is 0.882. The number of allylic oxidation sites excluding steroid dienone is 3. The normalized spacial score (nSPS) is 31.6. The van der Waals surface area contributed by atoms with E-state index in [-0.39, 0.29) is 47.9 Å². The Bertz CT molecular complexity index is 1900. The molecule has 7 rings (SSSR count). The Morgan fingerprint density at radius 3 is 2.48 bits per heavy atom. The number of aliphatic hydroxyl groups excluding tert-OH is 1. The van der Waals surface area contributed by atoms with Gasteiger partial charge in [-0.05, 0) is 98.1 Å². The number of carbonyl (C=O) groups excluding carboxylic acids is 3. The summed E-state index contributed by atoms with van der Waals surface area (Å²) < 4.78 is 36.3. The van der Waals surface area contributed by atoms with Gasteiger partial charge in [0.2, 0.25) is 16.6 Å². The smallest absolute Gasteiger partial charge is 0.375 e. The number of nitrogens with two attached hydrogens (primary N) is 1. The topological polar surface area (TPSA) is 157 Å². The predicted molar refractivity (Wildman–Crippen MR) is 181 cm³/mol. The van der Waals surface area contributed by atoms with Crippen molar-refractivity contribution >= 4 is 41.6 Å². The van der Waals surface area contributed by atoms with Crippen LogP contribution >= 0.6 is 12.6 Å². The third-order valence-corrected chi connectivity index (χ3v) is 12.4. The molecule has 0 aliphatic heterocycles. The molecule has 50 heavy (non-hydrogen) atoms. The van der Waals surface area contributed by atoms with E-state index in [0.717, 1.165) is 24.1 Å². The van der Waals surface area contributed by atoms with Crippen molar-refractivity contribution in [1.29, 1.82) is 5.41 Å². The zero-order valence-electron chi connectivity index (χ0n) is 27.8. The van der Waals surface area contributed by atoms with Crippen molar-refractivity contribution in [3.63, 3.8) is 0 Å². The largest absolute Gasteiger partial charge is 0.457 e. The standard InChI is InChI=1S/C38H39FN2O8S/c1-36-17-22(19-40)28(41-24-8-10-27(39)21(15-24)20-48-33(43)30-5-3-13-46-30)16-23(36)7-9-25-26-11-12-38(35(45)50,37(26,2)18-29(42)32(25)36)49-34(44)31-6-4-14-47-31/h3-6,8,10,13-16,19,25-26,29,32,40-42H,7,9,11-12,17-18,20H2,1-2H3,(H,45,50)/p+1/t25-,26?,29-,32?,36-,37-,38-/m0/s1. The number of thiol groups is 1. The van der Waals surface area contributed by atoms with Crippen LogP contribution in [-0.2, 0) is 20.9 Å². The molecule has 0 bridgehead atoms. The number of aliphatic hydroxyl groups is 1. The van der Waals surface area contributed by atoms with E-state index in [1.54, 1.807) is 24.3 Å². The Kier molecular flexibility index (Phi) is 8.76. The second-order valence-corrected chi connectivity index (χ2v) is 14.9. The number of carbonyl (C=O) groups is 3. The molecular formula is C38H40FN2O8S+. The van der Waals surface area contributed by atoms with Crippen molar-refractivity contribution < 1.29 is 47.5 Å². The molecule has 262 valence electrons. The summed E-state index contributed by atoms with van der Waals surface area (Å²) >= 11 is 4.26. The number of rotatable bonds is 9. The second kappa shape index (κ2) is 12.8. The molecule has 4 N–H and O–H groups in total. The summed E-state index contributed by atoms with van der Waals surface area (Å²) in [5.74, 6) is -1.99. The minimum Gasteiger partial charge on any atom is -0.457 e. The van der Waals surface area contributed by atoms with Crippen molar-refractivity contribution in [2.75, 3.05) is 0 Å². The van der Waals surface area contributed by atoms with E-state index in [9.17, 15) is 23.9 Å². The minimum atomic E-state index is -1.51. The lowest BCUT2D eigenvalue weighted by molar-refractivity contribution is -0.513. The van der Waals surface area contributed by atoms with E-state index >= 15 is 0 Å². The second-order valence-electron chi connectivity index (χ2n) is 14.5. The van der Waals surface area contributed by atoms with Gasteiger partial charge in [-0.1, -0.05) is 19.4 Å². The molecule has 10 nitrogen and oxygen atoms in total. The fraction of sp³-hybridized carbons (Fsp3) is 0.421. The van der Waals surface area contributed by atoms with Gasteiger partial charge in [-0.2, -0.15) is 0 Å². The van der Waals surface area contributed by atoms with E-state index in [0.29, 0.717) is 24.9 Å². The molecule has 2 heterocycles. The number of esters is 2. The van der Waals surface area contributed by atoms with Crippen LogP contribution in [0.2, 0.25) is 0 Å². The highest BCUT2D eigenvalue weighted by atomic mass is 32.1. The number of furan rings is 2. The average Bonchev–Trinajstić information content (AvgIpc) is 3.87. The Hall–Kier alpha value is -4.26. The van der Waals surface area contributed by atoms with E-state index < -0.39 is 45.4 Å². The molecule has 0 spiro atoms. The summed E-state index contributed by atoms with van der Waals surface area (Å²) in [6, 6.07) is 10.7. The zero-order valence-corrected chi connectivity index (χ0v) is 28.7. The van der Waals surface area contributed by atoms with Crippen molar-refractivity contribution in [1.82, 2.24) is 0 Å². The molecule has 4 aliphatic rings. The summed E-state index contributed by atoms with van der Waals surface area (Å²) in [4.78, 5) is 38.7. The molecule has 7 atom stereocenters. The molecular weight excluding hydrogens is 663 g/mol. The van der Waals surface area contributed by atoms with Crippen molar-refractivity contribution in [2.24, 2.45) is 28.6 Å². The van der Waals surface area contributed by atoms with Gasteiger partial charge in [-0.25, -0.2) is 14.0 Å². The first-order valence-electron chi connectivity index (χ1n) is 16.9. The van der Waals surface area contributed by atoms with Gasteiger partial charge in [0.05, 0.1) is 18.6 Å². The monoisotopic (exact) mass is 703 g/mol. The summed E-state index contributed by atoms with van der Waals surface area (Å²) in [5, 5.41) is 21.8. The van der Waals surface area contributed by atoms with Crippen molar-refractivity contribution in [3.05, 3.63) is 101 Å². The van der Waals surface area contributed by atoms with Crippen LogP contribution in [0.15, 0.2) is 86.7 Å². The Morgan fingerprint density at radius 1 is 1.10 bits per heavy atom. The first-order chi connectivity index (χ1) is 23.9. The number of hydrogen-bond acceptors (Lipinski definition) is 9. The minimum absolute atomic E-state index is 0.00494. The first kappa shape index (κ1) is 34.2. The van der Waals surface area contributed by atoms with Gasteiger partial charge >= 0.3 is 11.9 Å². The van der Waals surface area contributed by atoms with Gasteiger partial charge < -0.3 is 28.8 Å². The Balaban J connectivity index is 1.12. The maximum absolute atomic E-state index is 14.7. The van der Waals surface area contributed by atoms with Crippen LogP contribution < -0.4 is 5.32 Å². The number of nitrogens with one attached hydrogen (secondary N) is 1. The maximum Gasteiger partial charge on any atom is 0.375 e. The SMILES string of the molecule is C[C@]12CC(C=N)=C([NH2+]c3ccc(F)c(COC(=O)c4ccco4)c3)C=C1CC[C@@H]1C2[C@@H](O)C[C@@]2(C)C1CC[C@]2(OC(=O)c1ccco1)C(=O)S. The van der Waals surface area contributed by atoms with Crippen LogP contribution in [0.25, 0.3) is 0 Å². The number of fused-ring (bicyclic) bond motifs is 5. The summed E-state index contributed by atoms with van der Waals surface area (Å²) in [6.07, 6.45) is 8.64. The molecule has 3 fully saturated rings. The molecule has 1 aromatic carbocycles. The third kappa shape index (κ3) is 5.48. The lowest BCUT2D eigenvalue weighted by atomic mass is 9.45. The van der Waals surface area contributed by atoms with E-state index in [2.05, 4.69) is 25.6 Å². The molecule has 3 aromatic rings. The molecule has 12 heteroatoms. The number of quaternary nitrogens is 1. The molecule has 0 saturated heterocycles. The van der Waals surface area contributed by atoms with Gasteiger partial charge in [0.25, 0.3) is 0 Å². The van der Waals surface area contributed by atoms with Crippen LogP contribution in [0.3, 0.4) is 0 Å². The third-order valence-electron chi connectivity index (χ3n) is 12.0. The number of hydrogen-bond donors (Lipinski definition) is 4. The van der Waals surface area contributed by atoms with Gasteiger partial charge in [0, 0.05) is 34.9 Å². The van der Waals surface area contributed by atoms with Crippen molar-refractivity contribution in [2.45, 2.75) is 70.7 Å². The van der Waals surface area contributed by atoms with Gasteiger partial charge in [-0.15, -0.1) is 12.6 Å². The quantitative estimate of drug-likeness (QED) is 0.0907. The predicted octanol–water partition coefficient (Wildman–Crippen LogP) is 6.06. The molecule has 3 saturated carbocycles. The van der Waals surface area contributed by atoms with E-state index in [1.165, 1.54) is 42.5 Å². The van der Waals surface area contributed by atoms with Crippen LogP contribution in [0.4, 0.5) is 10.1 Å². The lowest BCUT2D eigenvalue weighted by Gasteiger charge is -2.60. The van der Waals surface area contributed by atoms with Crippen LogP contribution in [0.5, 0.6) is 0 Å². The summed E-state index contributed by atoms with van der Waals surface area (Å²) in [7, 11) is 0. The zero-order chi connectivity index (χ0) is 35.4. The average molecular weight is 704 g/mol. The molecule has 2 unspecified atom stereocenters. The van der Waals surface area contributed by atoms with E-state index in [4.69, 9.17) is 23.7 Å². The fourth-order valence-electron chi connectivity index (χ4n) is 9.73. The van der Waals surface area contributed by atoms with Crippen molar-refractivity contribution in [3.8, 4) is 0 Å². The summed E-state index contributed by atoms with van der Waals surface area (Å²) in [6.45, 7) is 3.84. The molecule has 0 amide bonds. The Labute approximate surface area is 294 Å². The highest BCUT2D eigenvalue weighted by molar-refractivity contribution is 7.96. The number of halogens is 1. The van der Waals surface area contributed by atoms with Gasteiger partial charge in [0.1, 0.15) is 23.8 Å². The van der Waals surface area contributed by atoms with E-state index in [1.807, 2.05) is 12.2 Å². The molecule has 4 aliphatic carbocycles. The van der Waals surface area contributed by atoms with Crippen LogP contribution in [0.1, 0.15) is 79.0 Å². The van der Waals surface area contributed by atoms with Gasteiger partial charge in [-0.3, -0.25) is 10.1 Å². The molecule has 2 aromatic heterocycles. The fourth-order valence-corrected chi connectivity index (χ4v) is 10.1. The van der Waals surface area contributed by atoms with Crippen LogP contribution in [-0.4, -0.2) is 40.1 Å². The maximum atomic E-state index is 14.7. The Morgan fingerprint density at radius 2 is 1.82 bits per heavy atom.